The maximum Gasteiger partial charge on any atom is 0.336 e. The van der Waals surface area contributed by atoms with Crippen molar-refractivity contribution in [1.29, 1.82) is 0 Å². The molecule has 6 heteroatoms. The summed E-state index contributed by atoms with van der Waals surface area (Å²) in [5.41, 5.74) is -0.491. The molecule has 0 radical (unpaired) electrons. The Kier molecular flexibility index (Phi) is 4.16. The molecule has 0 bridgehead atoms. The van der Waals surface area contributed by atoms with Crippen LogP contribution in [0.1, 0.15) is 39.4 Å². The lowest BCUT2D eigenvalue weighted by molar-refractivity contribution is -0.166. The van der Waals surface area contributed by atoms with Gasteiger partial charge in [-0.15, -0.1) is 0 Å². The van der Waals surface area contributed by atoms with Crippen molar-refractivity contribution < 1.29 is 23.8 Å². The largest absolute Gasteiger partial charge is 0.484 e. The van der Waals surface area contributed by atoms with Gasteiger partial charge in [0.05, 0.1) is 5.56 Å². The minimum atomic E-state index is -1.13. The van der Waals surface area contributed by atoms with Crippen LogP contribution < -0.4 is 10.4 Å². The molecule has 0 saturated carbocycles. The minimum absolute atomic E-state index is 0.246. The highest BCUT2D eigenvalue weighted by atomic mass is 16.6. The molecule has 2 heterocycles. The summed E-state index contributed by atoms with van der Waals surface area (Å²) < 4.78 is 16.7. The zero-order valence-corrected chi connectivity index (χ0v) is 14.5. The molecule has 1 aliphatic rings. The Morgan fingerprint density at radius 1 is 1.28 bits per heavy atom. The first-order chi connectivity index (χ1) is 11.7. The molecule has 1 aliphatic heterocycles. The SMILES string of the molecule is C/C=C(/C)C(=O)OC1c2c(ccc3ccc(=O)oc23)OC(C)(C)C1O. The van der Waals surface area contributed by atoms with Crippen molar-refractivity contribution in [3.8, 4) is 5.75 Å². The standard InChI is InChI=1S/C19H20O6/c1-5-10(2)18(22)24-16-14-12(25-19(3,4)17(16)21)8-6-11-7-9-13(20)23-15(11)14/h5-9,16-17,21H,1-4H3/b10-5-. The van der Waals surface area contributed by atoms with E-state index in [1.807, 2.05) is 0 Å². The molecule has 6 nitrogen and oxygen atoms in total. The molecule has 2 unspecified atom stereocenters. The molecule has 1 N–H and O–H groups in total. The van der Waals surface area contributed by atoms with Crippen LogP contribution in [0.25, 0.3) is 11.0 Å². The molecule has 132 valence electrons. The Morgan fingerprint density at radius 2 is 1.96 bits per heavy atom. The number of ether oxygens (including phenoxy) is 2. The van der Waals surface area contributed by atoms with Crippen LogP contribution in [0.5, 0.6) is 5.75 Å². The second-order valence-electron chi connectivity index (χ2n) is 6.60. The van der Waals surface area contributed by atoms with Crippen molar-refractivity contribution in [2.24, 2.45) is 0 Å². The van der Waals surface area contributed by atoms with E-state index in [4.69, 9.17) is 13.9 Å². The van der Waals surface area contributed by atoms with Gasteiger partial charge in [0.2, 0.25) is 0 Å². The molecule has 2 atom stereocenters. The topological polar surface area (TPSA) is 86.0 Å². The summed E-state index contributed by atoms with van der Waals surface area (Å²) in [5, 5.41) is 11.4. The summed E-state index contributed by atoms with van der Waals surface area (Å²) in [6.07, 6.45) is -0.524. The molecule has 25 heavy (non-hydrogen) atoms. The van der Waals surface area contributed by atoms with E-state index in [0.29, 0.717) is 22.3 Å². The fraction of sp³-hybridized carbons (Fsp3) is 0.368. The highest BCUT2D eigenvalue weighted by Crippen LogP contribution is 2.45. The molecule has 0 fully saturated rings. The number of aliphatic hydroxyl groups excluding tert-OH is 1. The fourth-order valence-electron chi connectivity index (χ4n) is 2.81. The van der Waals surface area contributed by atoms with Crippen molar-refractivity contribution in [2.75, 3.05) is 0 Å². The van der Waals surface area contributed by atoms with E-state index < -0.39 is 29.4 Å². The van der Waals surface area contributed by atoms with Crippen LogP contribution in [-0.4, -0.2) is 22.8 Å². The lowest BCUT2D eigenvalue weighted by Crippen LogP contribution is -2.50. The van der Waals surface area contributed by atoms with Crippen LogP contribution in [0.2, 0.25) is 0 Å². The molecule has 0 aliphatic carbocycles. The molecule has 0 amide bonds. The van der Waals surface area contributed by atoms with Crippen molar-refractivity contribution in [3.63, 3.8) is 0 Å². The predicted molar refractivity (Wildman–Crippen MR) is 91.5 cm³/mol. The smallest absolute Gasteiger partial charge is 0.336 e. The average Bonchev–Trinajstić information content (AvgIpc) is 2.57. The monoisotopic (exact) mass is 344 g/mol. The van der Waals surface area contributed by atoms with Crippen LogP contribution in [0.15, 0.2) is 45.1 Å². The lowest BCUT2D eigenvalue weighted by atomic mass is 9.87. The van der Waals surface area contributed by atoms with Gasteiger partial charge in [-0.05, 0) is 45.9 Å². The van der Waals surface area contributed by atoms with Gasteiger partial charge in [0, 0.05) is 17.0 Å². The molecular weight excluding hydrogens is 324 g/mol. The van der Waals surface area contributed by atoms with Crippen molar-refractivity contribution in [3.05, 3.63) is 51.9 Å². The molecule has 3 rings (SSSR count). The number of hydrogen-bond acceptors (Lipinski definition) is 6. The molecular formula is C19H20O6. The van der Waals surface area contributed by atoms with E-state index in [2.05, 4.69) is 0 Å². The Morgan fingerprint density at radius 3 is 2.64 bits per heavy atom. The maximum atomic E-state index is 12.3. The van der Waals surface area contributed by atoms with E-state index in [1.165, 1.54) is 6.07 Å². The lowest BCUT2D eigenvalue weighted by Gasteiger charge is -2.41. The predicted octanol–water partition coefficient (Wildman–Crippen LogP) is 2.88. The zero-order valence-electron chi connectivity index (χ0n) is 14.5. The second-order valence-corrected chi connectivity index (χ2v) is 6.60. The normalized spacial score (nSPS) is 22.2. The number of fused-ring (bicyclic) bond motifs is 3. The average molecular weight is 344 g/mol. The van der Waals surface area contributed by atoms with Crippen molar-refractivity contribution in [2.45, 2.75) is 45.5 Å². The van der Waals surface area contributed by atoms with Crippen LogP contribution in [-0.2, 0) is 9.53 Å². The Balaban J connectivity index is 2.22. The number of carbonyl (C=O) groups is 1. The summed E-state index contributed by atoms with van der Waals surface area (Å²) in [7, 11) is 0. The first-order valence-corrected chi connectivity index (χ1v) is 8.02. The number of benzene rings is 1. The summed E-state index contributed by atoms with van der Waals surface area (Å²) in [4.78, 5) is 24.0. The van der Waals surface area contributed by atoms with Crippen LogP contribution in [0.3, 0.4) is 0 Å². The van der Waals surface area contributed by atoms with Crippen LogP contribution in [0, 0.1) is 0 Å². The van der Waals surface area contributed by atoms with E-state index in [0.717, 1.165) is 0 Å². The highest BCUT2D eigenvalue weighted by Gasteiger charge is 2.46. The van der Waals surface area contributed by atoms with Gasteiger partial charge < -0.3 is 19.0 Å². The summed E-state index contributed by atoms with van der Waals surface area (Å²) in [6, 6.07) is 6.39. The minimum Gasteiger partial charge on any atom is -0.484 e. The Bertz CT molecular complexity index is 921. The fourth-order valence-corrected chi connectivity index (χ4v) is 2.81. The van der Waals surface area contributed by atoms with Crippen LogP contribution >= 0.6 is 0 Å². The maximum absolute atomic E-state index is 12.3. The number of esters is 1. The van der Waals surface area contributed by atoms with Gasteiger partial charge in [-0.25, -0.2) is 9.59 Å². The van der Waals surface area contributed by atoms with Gasteiger partial charge >= 0.3 is 11.6 Å². The van der Waals surface area contributed by atoms with Crippen molar-refractivity contribution in [1.82, 2.24) is 0 Å². The number of hydrogen-bond donors (Lipinski definition) is 1. The molecule has 1 aromatic carbocycles. The highest BCUT2D eigenvalue weighted by molar-refractivity contribution is 5.89. The van der Waals surface area contributed by atoms with Gasteiger partial charge in [0.25, 0.3) is 0 Å². The zero-order chi connectivity index (χ0) is 18.4. The summed E-state index contributed by atoms with van der Waals surface area (Å²) in [6.45, 7) is 6.76. The molecule has 0 spiro atoms. The van der Waals surface area contributed by atoms with E-state index in [1.54, 1.807) is 52.0 Å². The third kappa shape index (κ3) is 2.93. The molecule has 0 saturated heterocycles. The molecule has 2 aromatic rings. The Labute approximate surface area is 144 Å². The summed E-state index contributed by atoms with van der Waals surface area (Å²) in [5.74, 6) is -0.140. The van der Waals surface area contributed by atoms with Gasteiger partial charge in [-0.1, -0.05) is 6.08 Å². The van der Waals surface area contributed by atoms with E-state index in [9.17, 15) is 14.7 Å². The Hall–Kier alpha value is -2.60. The number of allylic oxidation sites excluding steroid dienone is 1. The first kappa shape index (κ1) is 17.2. The molecule has 1 aromatic heterocycles. The number of rotatable bonds is 2. The quantitative estimate of drug-likeness (QED) is 0.512. The van der Waals surface area contributed by atoms with Gasteiger partial charge in [-0.3, -0.25) is 0 Å². The van der Waals surface area contributed by atoms with Crippen molar-refractivity contribution >= 4 is 16.9 Å². The number of aliphatic hydroxyl groups is 1. The third-order valence-electron chi connectivity index (χ3n) is 4.43. The van der Waals surface area contributed by atoms with E-state index in [-0.39, 0.29) is 5.58 Å². The van der Waals surface area contributed by atoms with Crippen LogP contribution in [0.4, 0.5) is 0 Å². The van der Waals surface area contributed by atoms with Gasteiger partial charge in [0.15, 0.2) is 6.10 Å². The number of carbonyl (C=O) groups excluding carboxylic acids is 1. The van der Waals surface area contributed by atoms with Gasteiger partial charge in [-0.2, -0.15) is 0 Å². The second kappa shape index (κ2) is 6.04. The van der Waals surface area contributed by atoms with Gasteiger partial charge in [0.1, 0.15) is 23.0 Å². The first-order valence-electron chi connectivity index (χ1n) is 8.02. The van der Waals surface area contributed by atoms with E-state index >= 15 is 0 Å². The third-order valence-corrected chi connectivity index (χ3v) is 4.43. The summed E-state index contributed by atoms with van der Waals surface area (Å²) >= 11 is 0.